The molecule has 3 nitrogen and oxygen atoms in total. The third-order valence-electron chi connectivity index (χ3n) is 4.34. The van der Waals surface area contributed by atoms with Crippen molar-refractivity contribution in [3.63, 3.8) is 0 Å². The molecule has 2 saturated heterocycles. The van der Waals surface area contributed by atoms with E-state index in [4.69, 9.17) is 4.74 Å². The number of hydrogen-bond acceptors (Lipinski definition) is 3. The molecule has 0 aliphatic carbocycles. The average molecular weight is 277 g/mol. The van der Waals surface area contributed by atoms with Crippen LogP contribution < -0.4 is 5.32 Å². The van der Waals surface area contributed by atoms with Crippen LogP contribution in [0.1, 0.15) is 34.3 Å². The van der Waals surface area contributed by atoms with Crippen LogP contribution in [0.5, 0.6) is 0 Å². The fourth-order valence-electron chi connectivity index (χ4n) is 3.38. The summed E-state index contributed by atoms with van der Waals surface area (Å²) in [6.07, 6.45) is 1.62. The van der Waals surface area contributed by atoms with E-state index in [0.29, 0.717) is 29.9 Å². The zero-order valence-electron chi connectivity index (χ0n) is 11.9. The van der Waals surface area contributed by atoms with Gasteiger partial charge in [-0.25, -0.2) is 4.39 Å². The van der Waals surface area contributed by atoms with E-state index in [1.165, 1.54) is 0 Å². The summed E-state index contributed by atoms with van der Waals surface area (Å²) in [5.41, 5.74) is 1.74. The van der Waals surface area contributed by atoms with Gasteiger partial charge in [0.05, 0.1) is 13.2 Å². The molecular formula is C16H20FNO2. The average Bonchev–Trinajstić information content (AvgIpc) is 2.43. The number of ether oxygens (including phenoxy) is 1. The minimum Gasteiger partial charge on any atom is -0.378 e. The highest BCUT2D eigenvalue weighted by Crippen LogP contribution is 2.28. The summed E-state index contributed by atoms with van der Waals surface area (Å²) in [5, 5.41) is 3.48. The number of fused-ring (bicyclic) bond motifs is 2. The van der Waals surface area contributed by atoms with Gasteiger partial charge in [0.2, 0.25) is 0 Å². The highest BCUT2D eigenvalue weighted by atomic mass is 19.1. The minimum absolute atomic E-state index is 0.0272. The van der Waals surface area contributed by atoms with Gasteiger partial charge in [-0.05, 0) is 49.9 Å². The van der Waals surface area contributed by atoms with Gasteiger partial charge in [0.1, 0.15) is 5.82 Å². The molecule has 0 spiro atoms. The molecule has 2 fully saturated rings. The van der Waals surface area contributed by atoms with Crippen LogP contribution in [0.4, 0.5) is 4.39 Å². The zero-order valence-corrected chi connectivity index (χ0v) is 11.9. The van der Waals surface area contributed by atoms with E-state index in [-0.39, 0.29) is 29.6 Å². The van der Waals surface area contributed by atoms with Gasteiger partial charge in [-0.2, -0.15) is 0 Å². The number of piperidine rings is 1. The van der Waals surface area contributed by atoms with Crippen molar-refractivity contribution in [2.24, 2.45) is 5.92 Å². The van der Waals surface area contributed by atoms with E-state index >= 15 is 0 Å². The molecule has 0 aromatic heterocycles. The van der Waals surface area contributed by atoms with Crippen LogP contribution in [0.15, 0.2) is 12.1 Å². The standard InChI is InChI=1S/C16H20FNO2/c1-9-3-11(4-10(2)15(9)17)16(19)12-5-13-7-20-8-14(6-12)18-13/h3-4,12-14,18H,5-8H2,1-2H3. The number of morpholine rings is 1. The first-order valence-electron chi connectivity index (χ1n) is 7.19. The fourth-order valence-corrected chi connectivity index (χ4v) is 3.38. The molecule has 1 N–H and O–H groups in total. The summed E-state index contributed by atoms with van der Waals surface area (Å²) in [6, 6.07) is 3.91. The van der Waals surface area contributed by atoms with Gasteiger partial charge in [0.25, 0.3) is 0 Å². The number of ketones is 1. The molecule has 2 unspecified atom stereocenters. The van der Waals surface area contributed by atoms with Crippen LogP contribution in [-0.2, 0) is 4.74 Å². The Hall–Kier alpha value is -1.26. The molecule has 108 valence electrons. The molecule has 1 aromatic carbocycles. The van der Waals surface area contributed by atoms with Crippen LogP contribution >= 0.6 is 0 Å². The van der Waals surface area contributed by atoms with E-state index in [1.807, 2.05) is 0 Å². The van der Waals surface area contributed by atoms with Crippen LogP contribution in [0.3, 0.4) is 0 Å². The van der Waals surface area contributed by atoms with Crippen molar-refractivity contribution in [3.05, 3.63) is 34.6 Å². The molecule has 3 rings (SSSR count). The van der Waals surface area contributed by atoms with Crippen molar-refractivity contribution >= 4 is 5.78 Å². The second kappa shape index (κ2) is 5.26. The molecule has 4 heteroatoms. The van der Waals surface area contributed by atoms with Crippen LogP contribution in [0, 0.1) is 25.6 Å². The lowest BCUT2D eigenvalue weighted by atomic mass is 9.81. The van der Waals surface area contributed by atoms with Gasteiger partial charge in [0, 0.05) is 23.6 Å². The monoisotopic (exact) mass is 277 g/mol. The lowest BCUT2D eigenvalue weighted by molar-refractivity contribution is 0.00952. The molecule has 0 saturated carbocycles. The molecule has 2 aliphatic heterocycles. The summed E-state index contributed by atoms with van der Waals surface area (Å²) in [7, 11) is 0. The Morgan fingerprint density at radius 3 is 2.30 bits per heavy atom. The van der Waals surface area contributed by atoms with Crippen LogP contribution in [0.25, 0.3) is 0 Å². The van der Waals surface area contributed by atoms with Crippen molar-refractivity contribution in [1.29, 1.82) is 0 Å². The third kappa shape index (κ3) is 2.50. The van der Waals surface area contributed by atoms with Gasteiger partial charge in [0.15, 0.2) is 5.78 Å². The fraction of sp³-hybridized carbons (Fsp3) is 0.562. The SMILES string of the molecule is Cc1cc(C(=O)C2CC3COCC(C2)N3)cc(C)c1F. The van der Waals surface area contributed by atoms with Crippen molar-refractivity contribution in [1.82, 2.24) is 5.32 Å². The van der Waals surface area contributed by atoms with E-state index in [0.717, 1.165) is 12.8 Å². The first kappa shape index (κ1) is 13.7. The molecule has 0 amide bonds. The quantitative estimate of drug-likeness (QED) is 0.844. The number of carbonyl (C=O) groups excluding carboxylic acids is 1. The van der Waals surface area contributed by atoms with Gasteiger partial charge >= 0.3 is 0 Å². The van der Waals surface area contributed by atoms with Gasteiger partial charge in [-0.3, -0.25) is 4.79 Å². The molecule has 2 bridgehead atoms. The van der Waals surface area contributed by atoms with Gasteiger partial charge < -0.3 is 10.1 Å². The number of hydrogen-bond donors (Lipinski definition) is 1. The number of rotatable bonds is 2. The van der Waals surface area contributed by atoms with Crippen LogP contribution in [-0.4, -0.2) is 31.1 Å². The Labute approximate surface area is 118 Å². The number of carbonyl (C=O) groups is 1. The van der Waals surface area contributed by atoms with Crippen LogP contribution in [0.2, 0.25) is 0 Å². The summed E-state index contributed by atoms with van der Waals surface area (Å²) < 4.78 is 19.2. The smallest absolute Gasteiger partial charge is 0.166 e. The van der Waals surface area contributed by atoms with Crippen molar-refractivity contribution < 1.29 is 13.9 Å². The normalized spacial score (nSPS) is 29.2. The van der Waals surface area contributed by atoms with E-state index in [9.17, 15) is 9.18 Å². The lowest BCUT2D eigenvalue weighted by Gasteiger charge is -2.39. The summed E-state index contributed by atoms with van der Waals surface area (Å²) in [4.78, 5) is 12.7. The largest absolute Gasteiger partial charge is 0.378 e. The summed E-state index contributed by atoms with van der Waals surface area (Å²) in [6.45, 7) is 4.79. The number of halogens is 1. The Balaban J connectivity index is 1.82. The molecule has 2 aliphatic rings. The minimum atomic E-state index is -0.211. The van der Waals surface area contributed by atoms with E-state index < -0.39 is 0 Å². The number of aryl methyl sites for hydroxylation is 2. The number of nitrogens with one attached hydrogen (secondary N) is 1. The Kier molecular flexibility index (Phi) is 3.61. The first-order chi connectivity index (χ1) is 9.54. The first-order valence-corrected chi connectivity index (χ1v) is 7.19. The Morgan fingerprint density at radius 2 is 1.75 bits per heavy atom. The third-order valence-corrected chi connectivity index (χ3v) is 4.34. The Morgan fingerprint density at radius 1 is 1.20 bits per heavy atom. The molecule has 1 aromatic rings. The highest BCUT2D eigenvalue weighted by molar-refractivity contribution is 5.98. The topological polar surface area (TPSA) is 38.3 Å². The second-order valence-electron chi connectivity index (χ2n) is 6.05. The van der Waals surface area contributed by atoms with Crippen molar-refractivity contribution in [2.75, 3.05) is 13.2 Å². The number of Topliss-reactive ketones (excluding diaryl/α,β-unsaturated/α-hetero) is 1. The predicted molar refractivity (Wildman–Crippen MR) is 74.5 cm³/mol. The Bertz CT molecular complexity index is 508. The summed E-state index contributed by atoms with van der Waals surface area (Å²) in [5.74, 6) is -0.0360. The van der Waals surface area contributed by atoms with Gasteiger partial charge in [-0.15, -0.1) is 0 Å². The summed E-state index contributed by atoms with van der Waals surface area (Å²) >= 11 is 0. The molecule has 0 radical (unpaired) electrons. The van der Waals surface area contributed by atoms with E-state index in [2.05, 4.69) is 5.32 Å². The highest BCUT2D eigenvalue weighted by Gasteiger charge is 2.35. The molecular weight excluding hydrogens is 257 g/mol. The van der Waals surface area contributed by atoms with Crippen molar-refractivity contribution in [3.8, 4) is 0 Å². The van der Waals surface area contributed by atoms with Gasteiger partial charge in [-0.1, -0.05) is 0 Å². The predicted octanol–water partition coefficient (Wildman–Crippen LogP) is 2.39. The molecule has 2 atom stereocenters. The van der Waals surface area contributed by atoms with Crippen molar-refractivity contribution in [2.45, 2.75) is 38.8 Å². The second-order valence-corrected chi connectivity index (χ2v) is 6.05. The lowest BCUT2D eigenvalue weighted by Crippen LogP contribution is -2.55. The maximum absolute atomic E-state index is 13.7. The molecule has 2 heterocycles. The van der Waals surface area contributed by atoms with E-state index in [1.54, 1.807) is 26.0 Å². The molecule has 20 heavy (non-hydrogen) atoms. The number of benzene rings is 1. The maximum Gasteiger partial charge on any atom is 0.166 e. The zero-order chi connectivity index (χ0) is 14.3. The maximum atomic E-state index is 13.7.